The number of hydrogen-bond acceptors (Lipinski definition) is 7. The van der Waals surface area contributed by atoms with Crippen LogP contribution in [0.3, 0.4) is 0 Å². The van der Waals surface area contributed by atoms with E-state index in [0.717, 1.165) is 18.7 Å². The molecule has 0 aromatic carbocycles. The monoisotopic (exact) mass is 396 g/mol. The van der Waals surface area contributed by atoms with E-state index in [1.165, 1.54) is 4.31 Å². The van der Waals surface area contributed by atoms with Gasteiger partial charge in [0.05, 0.1) is 12.7 Å². The molecule has 1 saturated heterocycles. The lowest BCUT2D eigenvalue weighted by atomic mass is 9.94. The van der Waals surface area contributed by atoms with E-state index >= 15 is 0 Å². The summed E-state index contributed by atoms with van der Waals surface area (Å²) in [6.07, 6.45) is 2.52. The van der Waals surface area contributed by atoms with E-state index in [0.29, 0.717) is 43.5 Å². The Morgan fingerprint density at radius 1 is 1.15 bits per heavy atom. The van der Waals surface area contributed by atoms with Crippen molar-refractivity contribution in [1.29, 1.82) is 0 Å². The lowest BCUT2D eigenvalue weighted by Gasteiger charge is -2.21. The predicted octanol–water partition coefficient (Wildman–Crippen LogP) is 2.47. The van der Waals surface area contributed by atoms with Crippen LogP contribution in [0.5, 0.6) is 0 Å². The van der Waals surface area contributed by atoms with Gasteiger partial charge in [-0.1, -0.05) is 25.9 Å². The summed E-state index contributed by atoms with van der Waals surface area (Å²) >= 11 is 0. The first kappa shape index (κ1) is 20.0. The highest BCUT2D eigenvalue weighted by Gasteiger charge is 2.32. The molecule has 0 aliphatic carbocycles. The fourth-order valence-corrected chi connectivity index (χ4v) is 5.00. The molecule has 0 amide bonds. The Kier molecular flexibility index (Phi) is 5.47. The van der Waals surface area contributed by atoms with Crippen molar-refractivity contribution in [3.8, 4) is 0 Å². The predicted molar refractivity (Wildman–Crippen MR) is 99.8 cm³/mol. The Hall–Kier alpha value is -1.71. The van der Waals surface area contributed by atoms with Crippen molar-refractivity contribution in [2.24, 2.45) is 0 Å². The van der Waals surface area contributed by atoms with Crippen molar-refractivity contribution < 1.29 is 17.4 Å². The number of aryl methyl sites for hydroxylation is 2. The van der Waals surface area contributed by atoms with Gasteiger partial charge in [0, 0.05) is 25.0 Å². The molecule has 150 valence electrons. The van der Waals surface area contributed by atoms with Crippen LogP contribution in [0.1, 0.15) is 50.3 Å². The first-order valence-corrected chi connectivity index (χ1v) is 10.6. The number of nitrogens with zero attached hydrogens (tertiary/aromatic N) is 4. The highest BCUT2D eigenvalue weighted by atomic mass is 32.2. The van der Waals surface area contributed by atoms with Crippen molar-refractivity contribution in [2.75, 3.05) is 26.2 Å². The lowest BCUT2D eigenvalue weighted by molar-refractivity contribution is 0.242. The van der Waals surface area contributed by atoms with Crippen molar-refractivity contribution in [2.45, 2.75) is 57.9 Å². The van der Waals surface area contributed by atoms with Gasteiger partial charge in [0.2, 0.25) is 15.9 Å². The molecule has 0 N–H and O–H groups in total. The Labute approximate surface area is 160 Å². The summed E-state index contributed by atoms with van der Waals surface area (Å²) in [5.74, 6) is 1.86. The van der Waals surface area contributed by atoms with E-state index in [2.05, 4.69) is 35.8 Å². The van der Waals surface area contributed by atoms with Crippen LogP contribution >= 0.6 is 0 Å². The normalized spacial score (nSPS) is 18.0. The van der Waals surface area contributed by atoms with Crippen LogP contribution < -0.4 is 0 Å². The highest BCUT2D eigenvalue weighted by Crippen LogP contribution is 2.25. The third-order valence-electron chi connectivity index (χ3n) is 4.76. The molecule has 8 nitrogen and oxygen atoms in total. The molecule has 0 spiro atoms. The molecule has 0 unspecified atom stereocenters. The molecular formula is C18H28N4O4S. The SMILES string of the molecule is Cc1noc(C)c1S(=O)(=O)N1CCCN(Cc2ncc(C(C)(C)C)o2)CC1. The molecule has 2 aromatic rings. The van der Waals surface area contributed by atoms with E-state index < -0.39 is 10.0 Å². The van der Waals surface area contributed by atoms with Gasteiger partial charge in [-0.25, -0.2) is 13.4 Å². The van der Waals surface area contributed by atoms with Gasteiger partial charge in [-0.3, -0.25) is 4.90 Å². The largest absolute Gasteiger partial charge is 0.444 e. The molecule has 0 saturated carbocycles. The summed E-state index contributed by atoms with van der Waals surface area (Å²) in [4.78, 5) is 6.75. The minimum absolute atomic E-state index is 0.0801. The standard InChI is InChI=1S/C18H28N4O4S/c1-13-17(14(2)26-20-13)27(23,24)22-8-6-7-21(9-10-22)12-16-19-11-15(25-16)18(3,4)5/h11H,6-10,12H2,1-5H3. The summed E-state index contributed by atoms with van der Waals surface area (Å²) in [5.41, 5.74) is 0.326. The van der Waals surface area contributed by atoms with Crippen LogP contribution in [0.2, 0.25) is 0 Å². The zero-order chi connectivity index (χ0) is 19.8. The van der Waals surface area contributed by atoms with Gasteiger partial charge in [-0.2, -0.15) is 4.31 Å². The number of oxazole rings is 1. The Morgan fingerprint density at radius 2 is 1.89 bits per heavy atom. The van der Waals surface area contributed by atoms with E-state index in [1.807, 2.05) is 0 Å². The number of hydrogen-bond donors (Lipinski definition) is 0. The third-order valence-corrected chi connectivity index (χ3v) is 6.91. The van der Waals surface area contributed by atoms with Crippen LogP contribution in [0.25, 0.3) is 0 Å². The maximum absolute atomic E-state index is 13.0. The molecule has 3 rings (SSSR count). The minimum Gasteiger partial charge on any atom is -0.444 e. The van der Waals surface area contributed by atoms with Crippen LogP contribution in [0.4, 0.5) is 0 Å². The quantitative estimate of drug-likeness (QED) is 0.784. The van der Waals surface area contributed by atoms with E-state index in [1.54, 1.807) is 20.0 Å². The average molecular weight is 397 g/mol. The van der Waals surface area contributed by atoms with E-state index in [4.69, 9.17) is 8.94 Å². The lowest BCUT2D eigenvalue weighted by Crippen LogP contribution is -2.35. The second-order valence-electron chi connectivity index (χ2n) is 8.06. The molecule has 1 aliphatic rings. The Morgan fingerprint density at radius 3 is 2.48 bits per heavy atom. The van der Waals surface area contributed by atoms with Crippen LogP contribution in [-0.4, -0.2) is 53.9 Å². The maximum atomic E-state index is 13.0. The number of sulfonamides is 1. The van der Waals surface area contributed by atoms with Crippen LogP contribution in [0.15, 0.2) is 20.0 Å². The molecule has 9 heteroatoms. The van der Waals surface area contributed by atoms with Crippen molar-refractivity contribution >= 4 is 10.0 Å². The molecular weight excluding hydrogens is 368 g/mol. The summed E-state index contributed by atoms with van der Waals surface area (Å²) in [5, 5.41) is 3.78. The zero-order valence-corrected chi connectivity index (χ0v) is 17.5. The Balaban J connectivity index is 1.68. The maximum Gasteiger partial charge on any atom is 0.248 e. The second-order valence-corrected chi connectivity index (χ2v) is 9.93. The molecule has 0 atom stereocenters. The van der Waals surface area contributed by atoms with Crippen molar-refractivity contribution in [3.63, 3.8) is 0 Å². The van der Waals surface area contributed by atoms with Gasteiger partial charge in [0.25, 0.3) is 0 Å². The van der Waals surface area contributed by atoms with Crippen LogP contribution in [-0.2, 0) is 22.0 Å². The molecule has 0 bridgehead atoms. The van der Waals surface area contributed by atoms with Gasteiger partial charge in [-0.05, 0) is 26.8 Å². The van der Waals surface area contributed by atoms with Gasteiger partial charge in [-0.15, -0.1) is 0 Å². The Bertz CT molecular complexity index is 875. The first-order valence-electron chi connectivity index (χ1n) is 9.19. The highest BCUT2D eigenvalue weighted by molar-refractivity contribution is 7.89. The molecule has 2 aromatic heterocycles. The third kappa shape index (κ3) is 4.25. The smallest absolute Gasteiger partial charge is 0.248 e. The average Bonchev–Trinajstić information content (AvgIpc) is 3.08. The van der Waals surface area contributed by atoms with Crippen LogP contribution in [0, 0.1) is 13.8 Å². The van der Waals surface area contributed by atoms with Crippen molar-refractivity contribution in [3.05, 3.63) is 29.3 Å². The minimum atomic E-state index is -3.60. The molecule has 3 heterocycles. The summed E-state index contributed by atoms with van der Waals surface area (Å²) < 4.78 is 38.4. The fraction of sp³-hybridized carbons (Fsp3) is 0.667. The number of rotatable bonds is 4. The summed E-state index contributed by atoms with van der Waals surface area (Å²) in [7, 11) is -3.60. The fourth-order valence-electron chi connectivity index (χ4n) is 3.24. The molecule has 0 radical (unpaired) electrons. The molecule has 27 heavy (non-hydrogen) atoms. The molecule has 1 fully saturated rings. The first-order chi connectivity index (χ1) is 12.6. The summed E-state index contributed by atoms with van der Waals surface area (Å²) in [6, 6.07) is 0. The van der Waals surface area contributed by atoms with E-state index in [9.17, 15) is 8.42 Å². The van der Waals surface area contributed by atoms with Gasteiger partial charge >= 0.3 is 0 Å². The van der Waals surface area contributed by atoms with Gasteiger partial charge < -0.3 is 8.94 Å². The second kappa shape index (κ2) is 7.37. The summed E-state index contributed by atoms with van der Waals surface area (Å²) in [6.45, 7) is 12.4. The topological polar surface area (TPSA) is 92.7 Å². The van der Waals surface area contributed by atoms with Gasteiger partial charge in [0.1, 0.15) is 16.3 Å². The number of aromatic nitrogens is 2. The molecule has 1 aliphatic heterocycles. The van der Waals surface area contributed by atoms with E-state index in [-0.39, 0.29) is 10.3 Å². The van der Waals surface area contributed by atoms with Gasteiger partial charge in [0.15, 0.2) is 5.76 Å². The zero-order valence-electron chi connectivity index (χ0n) is 16.7. The van der Waals surface area contributed by atoms with Crippen molar-refractivity contribution in [1.82, 2.24) is 19.3 Å².